The number of nitro benzene ring substituents is 1. The molecular formula is C11H9FN4O3. The Morgan fingerprint density at radius 3 is 2.63 bits per heavy atom. The van der Waals surface area contributed by atoms with Gasteiger partial charge in [-0.2, -0.15) is 0 Å². The summed E-state index contributed by atoms with van der Waals surface area (Å²) in [4.78, 5) is 17.7. The Morgan fingerprint density at radius 1 is 1.37 bits per heavy atom. The van der Waals surface area contributed by atoms with Gasteiger partial charge < -0.3 is 10.5 Å². The maximum absolute atomic E-state index is 12.9. The van der Waals surface area contributed by atoms with Crippen LogP contribution in [0.15, 0.2) is 30.6 Å². The largest absolute Gasteiger partial charge is 0.417 e. The average Bonchev–Trinajstić information content (AvgIpc) is 2.41. The highest BCUT2D eigenvalue weighted by molar-refractivity contribution is 5.47. The summed E-state index contributed by atoms with van der Waals surface area (Å²) in [7, 11) is 0. The predicted molar refractivity (Wildman–Crippen MR) is 63.1 cm³/mol. The van der Waals surface area contributed by atoms with E-state index in [-0.39, 0.29) is 18.3 Å². The first-order valence-corrected chi connectivity index (χ1v) is 5.23. The van der Waals surface area contributed by atoms with E-state index in [2.05, 4.69) is 9.97 Å². The van der Waals surface area contributed by atoms with Gasteiger partial charge in [-0.05, 0) is 12.1 Å². The van der Waals surface area contributed by atoms with Crippen molar-refractivity contribution in [2.24, 2.45) is 5.73 Å². The fourth-order valence-corrected chi connectivity index (χ4v) is 1.32. The Labute approximate surface area is 107 Å². The quantitative estimate of drug-likeness (QED) is 0.666. The molecule has 0 saturated carbocycles. The predicted octanol–water partition coefficient (Wildman–Crippen LogP) is 1.77. The molecule has 0 unspecified atom stereocenters. The summed E-state index contributed by atoms with van der Waals surface area (Å²) in [5, 5.41) is 10.8. The molecule has 19 heavy (non-hydrogen) atoms. The number of nitrogens with two attached hydrogens (primary N) is 1. The van der Waals surface area contributed by atoms with Crippen LogP contribution in [0.25, 0.3) is 0 Å². The van der Waals surface area contributed by atoms with Gasteiger partial charge in [0.15, 0.2) is 0 Å². The Bertz CT molecular complexity index is 603. The van der Waals surface area contributed by atoms with Crippen molar-refractivity contribution in [2.75, 3.05) is 0 Å². The van der Waals surface area contributed by atoms with Crippen LogP contribution >= 0.6 is 0 Å². The highest BCUT2D eigenvalue weighted by Crippen LogP contribution is 2.30. The van der Waals surface area contributed by atoms with Crippen LogP contribution in [0.2, 0.25) is 0 Å². The van der Waals surface area contributed by atoms with Gasteiger partial charge in [-0.1, -0.05) is 0 Å². The van der Waals surface area contributed by atoms with E-state index in [0.29, 0.717) is 5.56 Å². The number of hydrogen-bond acceptors (Lipinski definition) is 6. The van der Waals surface area contributed by atoms with Gasteiger partial charge in [0.1, 0.15) is 5.82 Å². The summed E-state index contributed by atoms with van der Waals surface area (Å²) >= 11 is 0. The number of nitro groups is 1. The van der Waals surface area contributed by atoms with Crippen LogP contribution in [0.1, 0.15) is 5.56 Å². The zero-order chi connectivity index (χ0) is 13.8. The molecule has 0 bridgehead atoms. The molecule has 0 amide bonds. The van der Waals surface area contributed by atoms with Crippen LogP contribution in [0, 0.1) is 15.9 Å². The molecule has 0 aliphatic heterocycles. The van der Waals surface area contributed by atoms with Crippen molar-refractivity contribution in [3.05, 3.63) is 52.1 Å². The summed E-state index contributed by atoms with van der Waals surface area (Å²) in [6.07, 6.45) is 2.88. The molecule has 0 saturated heterocycles. The minimum Gasteiger partial charge on any atom is -0.417 e. The number of ether oxygens (including phenoxy) is 1. The Hall–Kier alpha value is -2.61. The Morgan fingerprint density at radius 2 is 2.05 bits per heavy atom. The zero-order valence-corrected chi connectivity index (χ0v) is 9.62. The van der Waals surface area contributed by atoms with Crippen molar-refractivity contribution < 1.29 is 14.1 Å². The van der Waals surface area contributed by atoms with E-state index in [1.165, 1.54) is 12.4 Å². The standard InChI is InChI=1S/C11H9FN4O3/c12-8-1-2-10(9(3-8)16(17)18)19-11-14-5-7(4-13)6-15-11/h1-3,5-6H,4,13H2. The lowest BCUT2D eigenvalue weighted by Gasteiger charge is -2.04. The molecule has 0 radical (unpaired) electrons. The van der Waals surface area contributed by atoms with Crippen molar-refractivity contribution in [1.82, 2.24) is 9.97 Å². The number of aromatic nitrogens is 2. The average molecular weight is 264 g/mol. The molecule has 0 aliphatic carbocycles. The molecule has 0 spiro atoms. The molecule has 2 N–H and O–H groups in total. The summed E-state index contributed by atoms with van der Waals surface area (Å²) in [6, 6.07) is 2.89. The van der Waals surface area contributed by atoms with Crippen LogP contribution in [0.4, 0.5) is 10.1 Å². The fourth-order valence-electron chi connectivity index (χ4n) is 1.32. The first kappa shape index (κ1) is 12.8. The number of benzene rings is 1. The van der Waals surface area contributed by atoms with E-state index in [9.17, 15) is 14.5 Å². The number of hydrogen-bond donors (Lipinski definition) is 1. The highest BCUT2D eigenvalue weighted by Gasteiger charge is 2.17. The molecule has 8 heteroatoms. The minimum atomic E-state index is -0.743. The second-order valence-corrected chi connectivity index (χ2v) is 3.55. The summed E-state index contributed by atoms with van der Waals surface area (Å²) in [5.41, 5.74) is 5.58. The highest BCUT2D eigenvalue weighted by atomic mass is 19.1. The van der Waals surface area contributed by atoms with E-state index in [4.69, 9.17) is 10.5 Å². The van der Waals surface area contributed by atoms with Gasteiger partial charge in [0.2, 0.25) is 5.75 Å². The van der Waals surface area contributed by atoms with Crippen molar-refractivity contribution in [3.8, 4) is 11.8 Å². The maximum Gasteiger partial charge on any atom is 0.322 e. The second-order valence-electron chi connectivity index (χ2n) is 3.55. The zero-order valence-electron chi connectivity index (χ0n) is 9.62. The molecular weight excluding hydrogens is 255 g/mol. The van der Waals surface area contributed by atoms with Gasteiger partial charge in [-0.15, -0.1) is 0 Å². The maximum atomic E-state index is 12.9. The van der Waals surface area contributed by atoms with Gasteiger partial charge in [0, 0.05) is 24.5 Å². The third-order valence-electron chi connectivity index (χ3n) is 2.24. The fraction of sp³-hybridized carbons (Fsp3) is 0.0909. The molecule has 2 rings (SSSR count). The molecule has 1 aromatic heterocycles. The SMILES string of the molecule is NCc1cnc(Oc2ccc(F)cc2[N+](=O)[O-])nc1. The summed E-state index contributed by atoms with van der Waals surface area (Å²) in [6.45, 7) is 0.275. The van der Waals surface area contributed by atoms with Crippen LogP contribution in [-0.4, -0.2) is 14.9 Å². The smallest absolute Gasteiger partial charge is 0.322 e. The minimum absolute atomic E-state index is 0.0769. The van der Waals surface area contributed by atoms with Crippen LogP contribution in [0.5, 0.6) is 11.8 Å². The molecule has 1 aromatic carbocycles. The summed E-state index contributed by atoms with van der Waals surface area (Å²) < 4.78 is 18.1. The normalized spacial score (nSPS) is 10.2. The lowest BCUT2D eigenvalue weighted by atomic mass is 10.3. The number of rotatable bonds is 4. The number of halogens is 1. The molecule has 0 fully saturated rings. The molecule has 0 atom stereocenters. The van der Waals surface area contributed by atoms with E-state index >= 15 is 0 Å². The first-order valence-electron chi connectivity index (χ1n) is 5.23. The number of nitrogens with zero attached hydrogens (tertiary/aromatic N) is 3. The van der Waals surface area contributed by atoms with E-state index < -0.39 is 16.4 Å². The first-order chi connectivity index (χ1) is 9.10. The van der Waals surface area contributed by atoms with E-state index in [1.807, 2.05) is 0 Å². The van der Waals surface area contributed by atoms with Gasteiger partial charge >= 0.3 is 11.7 Å². The molecule has 2 aromatic rings. The van der Waals surface area contributed by atoms with E-state index in [1.54, 1.807) is 0 Å². The molecule has 98 valence electrons. The molecule has 7 nitrogen and oxygen atoms in total. The van der Waals surface area contributed by atoms with Crippen LogP contribution in [0.3, 0.4) is 0 Å². The van der Waals surface area contributed by atoms with Crippen molar-refractivity contribution >= 4 is 5.69 Å². The van der Waals surface area contributed by atoms with Crippen molar-refractivity contribution in [2.45, 2.75) is 6.54 Å². The monoisotopic (exact) mass is 264 g/mol. The lowest BCUT2D eigenvalue weighted by Crippen LogP contribution is -2.00. The molecule has 1 heterocycles. The lowest BCUT2D eigenvalue weighted by molar-refractivity contribution is -0.385. The Kier molecular flexibility index (Phi) is 3.62. The van der Waals surface area contributed by atoms with Crippen molar-refractivity contribution in [3.63, 3.8) is 0 Å². The van der Waals surface area contributed by atoms with Crippen LogP contribution < -0.4 is 10.5 Å². The van der Waals surface area contributed by atoms with Gasteiger partial charge in [0.05, 0.1) is 11.0 Å². The van der Waals surface area contributed by atoms with E-state index in [0.717, 1.165) is 18.2 Å². The third kappa shape index (κ3) is 2.99. The van der Waals surface area contributed by atoms with Gasteiger partial charge in [-0.3, -0.25) is 10.1 Å². The molecule has 0 aliphatic rings. The van der Waals surface area contributed by atoms with Gasteiger partial charge in [0.25, 0.3) is 0 Å². The van der Waals surface area contributed by atoms with Crippen molar-refractivity contribution in [1.29, 1.82) is 0 Å². The topological polar surface area (TPSA) is 104 Å². The summed E-state index contributed by atoms with van der Waals surface area (Å²) in [5.74, 6) is -0.856. The Balaban J connectivity index is 2.29. The van der Waals surface area contributed by atoms with Gasteiger partial charge in [-0.25, -0.2) is 14.4 Å². The third-order valence-corrected chi connectivity index (χ3v) is 2.24. The second kappa shape index (κ2) is 5.36. The van der Waals surface area contributed by atoms with Crippen LogP contribution in [-0.2, 0) is 6.54 Å².